The Hall–Kier alpha value is -2.45. The topological polar surface area (TPSA) is 62.5 Å². The number of hydrogen-bond acceptors (Lipinski definition) is 3. The van der Waals surface area contributed by atoms with Gasteiger partial charge >= 0.3 is 5.97 Å². The molecule has 1 amide bonds. The Morgan fingerprint density at radius 1 is 0.971 bits per heavy atom. The van der Waals surface area contributed by atoms with Gasteiger partial charge in [-0.25, -0.2) is 4.79 Å². The van der Waals surface area contributed by atoms with Gasteiger partial charge in [-0.15, -0.1) is 11.8 Å². The molecule has 5 nitrogen and oxygen atoms in total. The van der Waals surface area contributed by atoms with E-state index >= 15 is 0 Å². The molecule has 3 aromatic carbocycles. The fourth-order valence-corrected chi connectivity index (χ4v) is 5.66. The zero-order chi connectivity index (χ0) is 25.3. The van der Waals surface area contributed by atoms with Crippen LogP contribution in [-0.2, 0) is 12.3 Å². The lowest BCUT2D eigenvalue weighted by Crippen LogP contribution is -2.21. The predicted molar refractivity (Wildman–Crippen MR) is 146 cm³/mol. The number of benzene rings is 3. The maximum Gasteiger partial charge on any atom is 0.352 e. The van der Waals surface area contributed by atoms with Crippen molar-refractivity contribution in [3.63, 3.8) is 0 Å². The van der Waals surface area contributed by atoms with E-state index in [0.29, 0.717) is 27.9 Å². The predicted octanol–water partition coefficient (Wildman–Crippen LogP) is 7.45. The molecule has 0 aliphatic heterocycles. The van der Waals surface area contributed by atoms with Gasteiger partial charge in [-0.05, 0) is 53.6 Å². The maximum absolute atomic E-state index is 12.2. The van der Waals surface area contributed by atoms with E-state index in [0.717, 1.165) is 31.4 Å². The molecule has 0 saturated heterocycles. The Morgan fingerprint density at radius 2 is 1.66 bits per heavy atom. The summed E-state index contributed by atoms with van der Waals surface area (Å²) < 4.78 is 2.61. The number of fused-ring (bicyclic) bond motifs is 1. The van der Waals surface area contributed by atoms with Gasteiger partial charge in [0.05, 0.1) is 15.6 Å². The fourth-order valence-electron chi connectivity index (χ4n) is 3.71. The standard InChI is InChI=1S/C26H21BrCl2N2O3S/c1-30(2)25(32)17-6-3-15(4-7-17)13-31-23-11-18(10-20(27)19(23)12-24(31)26(33)34)35-14-16-5-8-21(28)22(29)9-16/h3-12H,13-14H2,1-2H3,(H,33,34). The van der Waals surface area contributed by atoms with Crippen LogP contribution in [0, 0.1) is 0 Å². The lowest BCUT2D eigenvalue weighted by molar-refractivity contribution is 0.0685. The third kappa shape index (κ3) is 5.70. The average Bonchev–Trinajstić information content (AvgIpc) is 3.19. The van der Waals surface area contributed by atoms with E-state index in [1.54, 1.807) is 54.7 Å². The van der Waals surface area contributed by atoms with Gasteiger partial charge in [0, 0.05) is 46.7 Å². The van der Waals surface area contributed by atoms with Crippen molar-refractivity contribution in [3.05, 3.63) is 97.6 Å². The van der Waals surface area contributed by atoms with Gasteiger partial charge in [0.15, 0.2) is 0 Å². The first kappa shape index (κ1) is 25.6. The number of rotatable bonds is 7. The summed E-state index contributed by atoms with van der Waals surface area (Å²) in [6.45, 7) is 0.356. The van der Waals surface area contributed by atoms with Crippen LogP contribution in [0.1, 0.15) is 32.0 Å². The Morgan fingerprint density at radius 3 is 2.29 bits per heavy atom. The third-order valence-corrected chi connectivity index (χ3v) is 7.94. The molecule has 35 heavy (non-hydrogen) atoms. The van der Waals surface area contributed by atoms with Gasteiger partial charge in [0.1, 0.15) is 5.69 Å². The highest BCUT2D eigenvalue weighted by molar-refractivity contribution is 9.10. The van der Waals surface area contributed by atoms with Crippen molar-refractivity contribution in [3.8, 4) is 0 Å². The second-order valence-electron chi connectivity index (χ2n) is 8.19. The molecule has 1 N–H and O–H groups in total. The van der Waals surface area contributed by atoms with Crippen molar-refractivity contribution < 1.29 is 14.7 Å². The van der Waals surface area contributed by atoms with E-state index in [9.17, 15) is 14.7 Å². The van der Waals surface area contributed by atoms with Crippen LogP contribution < -0.4 is 0 Å². The highest BCUT2D eigenvalue weighted by atomic mass is 79.9. The monoisotopic (exact) mass is 590 g/mol. The van der Waals surface area contributed by atoms with E-state index in [1.165, 1.54) is 4.90 Å². The highest BCUT2D eigenvalue weighted by Crippen LogP contribution is 2.35. The molecule has 0 aliphatic rings. The molecule has 4 rings (SSSR count). The Bertz CT molecular complexity index is 1440. The van der Waals surface area contributed by atoms with Gasteiger partial charge in [-0.3, -0.25) is 4.79 Å². The van der Waals surface area contributed by atoms with Crippen molar-refractivity contribution in [2.75, 3.05) is 14.1 Å². The fraction of sp³-hybridized carbons (Fsp3) is 0.154. The highest BCUT2D eigenvalue weighted by Gasteiger charge is 2.18. The first-order chi connectivity index (χ1) is 16.6. The van der Waals surface area contributed by atoms with Crippen LogP contribution in [0.5, 0.6) is 0 Å². The lowest BCUT2D eigenvalue weighted by Gasteiger charge is -2.12. The molecule has 0 saturated carbocycles. The van der Waals surface area contributed by atoms with Crippen LogP contribution in [0.2, 0.25) is 10.0 Å². The second-order valence-corrected chi connectivity index (χ2v) is 10.9. The molecule has 0 fully saturated rings. The summed E-state index contributed by atoms with van der Waals surface area (Å²) in [6.07, 6.45) is 0. The number of carbonyl (C=O) groups excluding carboxylic acids is 1. The Balaban J connectivity index is 1.67. The van der Waals surface area contributed by atoms with Crippen molar-refractivity contribution >= 4 is 73.7 Å². The van der Waals surface area contributed by atoms with E-state index in [4.69, 9.17) is 23.2 Å². The largest absolute Gasteiger partial charge is 0.477 e. The van der Waals surface area contributed by atoms with E-state index in [1.807, 2.05) is 36.4 Å². The Kier molecular flexibility index (Phi) is 7.81. The smallest absolute Gasteiger partial charge is 0.352 e. The molecule has 1 aromatic heterocycles. The molecule has 4 aromatic rings. The van der Waals surface area contributed by atoms with E-state index < -0.39 is 5.97 Å². The number of aromatic nitrogens is 1. The molecule has 0 unspecified atom stereocenters. The number of amides is 1. The van der Waals surface area contributed by atoms with Crippen LogP contribution >= 0.6 is 50.9 Å². The van der Waals surface area contributed by atoms with Gasteiger partial charge in [-0.2, -0.15) is 0 Å². The molecular weight excluding hydrogens is 571 g/mol. The number of halogens is 3. The van der Waals surface area contributed by atoms with Crippen LogP contribution in [0.15, 0.2) is 70.0 Å². The van der Waals surface area contributed by atoms with Crippen LogP contribution in [0.25, 0.3) is 10.9 Å². The first-order valence-corrected chi connectivity index (χ1v) is 13.1. The zero-order valence-corrected chi connectivity index (χ0v) is 22.8. The minimum Gasteiger partial charge on any atom is -0.477 e. The quantitative estimate of drug-likeness (QED) is 0.227. The molecule has 180 valence electrons. The van der Waals surface area contributed by atoms with Gasteiger partial charge < -0.3 is 14.6 Å². The van der Waals surface area contributed by atoms with Gasteiger partial charge in [-0.1, -0.05) is 57.3 Å². The summed E-state index contributed by atoms with van der Waals surface area (Å²) in [5, 5.41) is 11.7. The summed E-state index contributed by atoms with van der Waals surface area (Å²) in [5.41, 5.74) is 3.51. The molecule has 0 aliphatic carbocycles. The average molecular weight is 592 g/mol. The molecule has 1 heterocycles. The zero-order valence-electron chi connectivity index (χ0n) is 18.9. The number of carbonyl (C=O) groups is 2. The molecule has 9 heteroatoms. The minimum atomic E-state index is -1.00. The minimum absolute atomic E-state index is 0.0817. The van der Waals surface area contributed by atoms with Crippen molar-refractivity contribution in [1.82, 2.24) is 9.47 Å². The summed E-state index contributed by atoms with van der Waals surface area (Å²) >= 11 is 17.4. The lowest BCUT2D eigenvalue weighted by atomic mass is 10.1. The van der Waals surface area contributed by atoms with Gasteiger partial charge in [0.2, 0.25) is 0 Å². The maximum atomic E-state index is 12.2. The second kappa shape index (κ2) is 10.7. The first-order valence-electron chi connectivity index (χ1n) is 10.6. The molecule has 0 bridgehead atoms. The van der Waals surface area contributed by atoms with Crippen LogP contribution in [0.3, 0.4) is 0 Å². The number of carboxylic acids is 1. The van der Waals surface area contributed by atoms with Crippen LogP contribution in [0.4, 0.5) is 0 Å². The summed E-state index contributed by atoms with van der Waals surface area (Å²) in [4.78, 5) is 26.7. The summed E-state index contributed by atoms with van der Waals surface area (Å²) in [5.74, 6) is -0.401. The SMILES string of the molecule is CN(C)C(=O)c1ccc(Cn2c(C(=O)O)cc3c(Br)cc(SCc4ccc(Cl)c(Cl)c4)cc32)cc1. The van der Waals surface area contributed by atoms with E-state index in [-0.39, 0.29) is 11.6 Å². The number of hydrogen-bond donors (Lipinski definition) is 1. The number of aromatic carboxylic acids is 1. The Labute approximate surface area is 225 Å². The van der Waals surface area contributed by atoms with E-state index in [2.05, 4.69) is 15.9 Å². The van der Waals surface area contributed by atoms with Crippen molar-refractivity contribution in [2.24, 2.45) is 0 Å². The number of thioether (sulfide) groups is 1. The van der Waals surface area contributed by atoms with Gasteiger partial charge in [0.25, 0.3) is 5.91 Å². The van der Waals surface area contributed by atoms with Crippen molar-refractivity contribution in [2.45, 2.75) is 17.2 Å². The molecule has 0 atom stereocenters. The molecular formula is C26H21BrCl2N2O3S. The summed E-state index contributed by atoms with van der Waals surface area (Å²) in [7, 11) is 3.41. The molecule has 0 spiro atoms. The number of nitrogens with zero attached hydrogens (tertiary/aromatic N) is 2. The molecule has 0 radical (unpaired) electrons. The summed E-state index contributed by atoms with van der Waals surface area (Å²) in [6, 6.07) is 18.5. The third-order valence-electron chi connectivity index (χ3n) is 5.50. The number of carboxylic acid groups (broad SMARTS) is 1. The van der Waals surface area contributed by atoms with Crippen molar-refractivity contribution in [1.29, 1.82) is 0 Å². The van der Waals surface area contributed by atoms with Crippen LogP contribution in [-0.4, -0.2) is 40.5 Å². The normalized spacial score (nSPS) is 11.1.